The van der Waals surface area contributed by atoms with Crippen molar-refractivity contribution in [3.8, 4) is 0 Å². The molecule has 0 heterocycles. The van der Waals surface area contributed by atoms with E-state index in [1.165, 1.54) is 12.1 Å². The molecule has 0 saturated carbocycles. The van der Waals surface area contributed by atoms with Gasteiger partial charge < -0.3 is 11.1 Å². The van der Waals surface area contributed by atoms with Gasteiger partial charge in [0, 0.05) is 16.6 Å². The van der Waals surface area contributed by atoms with E-state index in [0.717, 1.165) is 10.0 Å². The normalized spacial score (nSPS) is 10.2. The molecule has 0 aliphatic carbocycles. The van der Waals surface area contributed by atoms with Gasteiger partial charge in [-0.25, -0.2) is 4.39 Å². The minimum Gasteiger partial charge on any atom is -0.380 e. The van der Waals surface area contributed by atoms with Crippen LogP contribution in [0.3, 0.4) is 0 Å². The van der Waals surface area contributed by atoms with Crippen LogP contribution >= 0.6 is 15.9 Å². The van der Waals surface area contributed by atoms with Crippen molar-refractivity contribution in [2.75, 3.05) is 5.32 Å². The zero-order valence-corrected chi connectivity index (χ0v) is 11.6. The summed E-state index contributed by atoms with van der Waals surface area (Å²) >= 11 is 3.34. The third kappa shape index (κ3) is 3.54. The SMILES string of the molecule is NC(=O)c1ccc(CNc2cc(F)ccc2Br)cc1. The van der Waals surface area contributed by atoms with Crippen LogP contribution in [0.15, 0.2) is 46.9 Å². The molecule has 1 amide bonds. The minimum absolute atomic E-state index is 0.297. The lowest BCUT2D eigenvalue weighted by molar-refractivity contribution is 0.100. The van der Waals surface area contributed by atoms with Crippen molar-refractivity contribution in [3.63, 3.8) is 0 Å². The van der Waals surface area contributed by atoms with Crippen molar-refractivity contribution in [2.24, 2.45) is 5.73 Å². The Balaban J connectivity index is 2.06. The lowest BCUT2D eigenvalue weighted by atomic mass is 10.1. The average molecular weight is 323 g/mol. The lowest BCUT2D eigenvalue weighted by Gasteiger charge is -2.09. The summed E-state index contributed by atoms with van der Waals surface area (Å²) in [7, 11) is 0. The molecule has 0 bridgehead atoms. The van der Waals surface area contributed by atoms with Crippen LogP contribution in [0.5, 0.6) is 0 Å². The van der Waals surface area contributed by atoms with Gasteiger partial charge in [0.05, 0.1) is 5.69 Å². The fourth-order valence-corrected chi connectivity index (χ4v) is 2.00. The van der Waals surface area contributed by atoms with Gasteiger partial charge in [0.25, 0.3) is 0 Å². The van der Waals surface area contributed by atoms with Gasteiger partial charge in [-0.3, -0.25) is 4.79 Å². The summed E-state index contributed by atoms with van der Waals surface area (Å²) in [5.41, 5.74) is 7.28. The van der Waals surface area contributed by atoms with E-state index in [-0.39, 0.29) is 5.82 Å². The number of halogens is 2. The standard InChI is InChI=1S/C14H12BrFN2O/c15-12-6-5-11(16)7-13(12)18-8-9-1-3-10(4-2-9)14(17)19/h1-7,18H,8H2,(H2,17,19). The van der Waals surface area contributed by atoms with E-state index in [4.69, 9.17) is 5.73 Å². The molecule has 2 aromatic rings. The Morgan fingerprint density at radius 1 is 1.21 bits per heavy atom. The minimum atomic E-state index is -0.451. The number of amides is 1. The predicted molar refractivity (Wildman–Crippen MR) is 76.4 cm³/mol. The van der Waals surface area contributed by atoms with Gasteiger partial charge in [0.15, 0.2) is 0 Å². The summed E-state index contributed by atoms with van der Waals surface area (Å²) in [6, 6.07) is 11.4. The molecule has 0 spiro atoms. The van der Waals surface area contributed by atoms with E-state index < -0.39 is 5.91 Å². The fraction of sp³-hybridized carbons (Fsp3) is 0.0714. The summed E-state index contributed by atoms with van der Waals surface area (Å²) in [5.74, 6) is -0.748. The number of nitrogens with two attached hydrogens (primary N) is 1. The summed E-state index contributed by atoms with van der Waals surface area (Å²) < 4.78 is 13.9. The molecule has 5 heteroatoms. The third-order valence-electron chi connectivity index (χ3n) is 2.65. The highest BCUT2D eigenvalue weighted by Gasteiger charge is 2.03. The Hall–Kier alpha value is -1.88. The van der Waals surface area contributed by atoms with Crippen LogP contribution in [0.2, 0.25) is 0 Å². The molecule has 0 aromatic heterocycles. The number of carbonyl (C=O) groups excluding carboxylic acids is 1. The maximum Gasteiger partial charge on any atom is 0.248 e. The van der Waals surface area contributed by atoms with Crippen molar-refractivity contribution >= 4 is 27.5 Å². The second-order valence-corrected chi connectivity index (χ2v) is 4.89. The Morgan fingerprint density at radius 3 is 2.53 bits per heavy atom. The number of anilines is 1. The van der Waals surface area contributed by atoms with Gasteiger partial charge in [0.2, 0.25) is 5.91 Å². The summed E-state index contributed by atoms with van der Waals surface area (Å²) in [6.07, 6.45) is 0. The first-order chi connectivity index (χ1) is 9.06. The molecule has 19 heavy (non-hydrogen) atoms. The Labute approximate surface area is 118 Å². The van der Waals surface area contributed by atoms with Gasteiger partial charge in [-0.05, 0) is 51.8 Å². The van der Waals surface area contributed by atoms with Crippen LogP contribution in [0.1, 0.15) is 15.9 Å². The zero-order valence-electron chi connectivity index (χ0n) is 9.99. The predicted octanol–water partition coefficient (Wildman–Crippen LogP) is 3.30. The number of benzene rings is 2. The number of nitrogens with one attached hydrogen (secondary N) is 1. The van der Waals surface area contributed by atoms with Crippen LogP contribution in [-0.4, -0.2) is 5.91 Å². The van der Waals surface area contributed by atoms with Crippen LogP contribution in [-0.2, 0) is 6.54 Å². The van der Waals surface area contributed by atoms with Crippen molar-refractivity contribution in [2.45, 2.75) is 6.54 Å². The number of hydrogen-bond acceptors (Lipinski definition) is 2. The highest BCUT2D eigenvalue weighted by molar-refractivity contribution is 9.10. The molecule has 3 nitrogen and oxygen atoms in total. The van der Waals surface area contributed by atoms with Gasteiger partial charge >= 0.3 is 0 Å². The number of carbonyl (C=O) groups is 1. The van der Waals surface area contributed by atoms with Crippen molar-refractivity contribution in [1.29, 1.82) is 0 Å². The van der Waals surface area contributed by atoms with Crippen molar-refractivity contribution < 1.29 is 9.18 Å². The van der Waals surface area contributed by atoms with Gasteiger partial charge in [-0.2, -0.15) is 0 Å². The van der Waals surface area contributed by atoms with Crippen LogP contribution in [0.25, 0.3) is 0 Å². The molecule has 0 saturated heterocycles. The lowest BCUT2D eigenvalue weighted by Crippen LogP contribution is -2.10. The highest BCUT2D eigenvalue weighted by atomic mass is 79.9. The molecule has 0 fully saturated rings. The van der Waals surface area contributed by atoms with E-state index in [9.17, 15) is 9.18 Å². The Bertz CT molecular complexity index is 599. The third-order valence-corrected chi connectivity index (χ3v) is 3.34. The van der Waals surface area contributed by atoms with E-state index in [2.05, 4.69) is 21.2 Å². The first-order valence-corrected chi connectivity index (χ1v) is 6.43. The summed E-state index contributed by atoms with van der Waals surface area (Å²) in [4.78, 5) is 10.9. The topological polar surface area (TPSA) is 55.1 Å². The molecule has 0 aliphatic heterocycles. The second-order valence-electron chi connectivity index (χ2n) is 4.04. The molecular weight excluding hydrogens is 311 g/mol. The fourth-order valence-electron chi connectivity index (χ4n) is 1.62. The van der Waals surface area contributed by atoms with Crippen LogP contribution in [0, 0.1) is 5.82 Å². The van der Waals surface area contributed by atoms with E-state index >= 15 is 0 Å². The average Bonchev–Trinajstić information content (AvgIpc) is 2.40. The van der Waals surface area contributed by atoms with Crippen molar-refractivity contribution in [1.82, 2.24) is 0 Å². The monoisotopic (exact) mass is 322 g/mol. The number of rotatable bonds is 4. The largest absolute Gasteiger partial charge is 0.380 e. The molecule has 3 N–H and O–H groups in total. The molecule has 0 radical (unpaired) electrons. The Morgan fingerprint density at radius 2 is 1.89 bits per heavy atom. The van der Waals surface area contributed by atoms with Crippen LogP contribution < -0.4 is 11.1 Å². The Kier molecular flexibility index (Phi) is 4.16. The molecular formula is C14H12BrFN2O. The highest BCUT2D eigenvalue weighted by Crippen LogP contribution is 2.23. The summed E-state index contributed by atoms with van der Waals surface area (Å²) in [6.45, 7) is 0.529. The van der Waals surface area contributed by atoms with Gasteiger partial charge in [-0.1, -0.05) is 12.1 Å². The molecule has 0 aliphatic rings. The van der Waals surface area contributed by atoms with Crippen molar-refractivity contribution in [3.05, 3.63) is 63.9 Å². The molecule has 0 unspecified atom stereocenters. The maximum absolute atomic E-state index is 13.1. The van der Waals surface area contributed by atoms with Crippen LogP contribution in [0.4, 0.5) is 10.1 Å². The molecule has 0 atom stereocenters. The summed E-state index contributed by atoms with van der Waals surface area (Å²) in [5, 5.41) is 3.12. The maximum atomic E-state index is 13.1. The first-order valence-electron chi connectivity index (χ1n) is 5.64. The molecule has 2 aromatic carbocycles. The first kappa shape index (κ1) is 13.5. The number of hydrogen-bond donors (Lipinski definition) is 2. The van der Waals surface area contributed by atoms with E-state index in [0.29, 0.717) is 17.8 Å². The van der Waals surface area contributed by atoms with E-state index in [1.807, 2.05) is 0 Å². The quantitative estimate of drug-likeness (QED) is 0.907. The molecule has 98 valence electrons. The second kappa shape index (κ2) is 5.84. The number of primary amides is 1. The van der Waals surface area contributed by atoms with E-state index in [1.54, 1.807) is 30.3 Å². The zero-order chi connectivity index (χ0) is 13.8. The smallest absolute Gasteiger partial charge is 0.248 e. The van der Waals surface area contributed by atoms with Gasteiger partial charge in [-0.15, -0.1) is 0 Å². The van der Waals surface area contributed by atoms with Gasteiger partial charge in [0.1, 0.15) is 5.82 Å². The molecule has 2 rings (SSSR count).